The molecule has 0 aromatic heterocycles. The number of aliphatic hydroxyl groups is 1. The molecule has 1 fully saturated rings. The average molecular weight is 264 g/mol. The van der Waals surface area contributed by atoms with Crippen molar-refractivity contribution in [2.45, 2.75) is 51.7 Å². The lowest BCUT2D eigenvalue weighted by atomic mass is 10.1. The average Bonchev–Trinajstić information content (AvgIpc) is 2.90. The Labute approximate surface area is 116 Å². The van der Waals surface area contributed by atoms with Crippen molar-refractivity contribution in [1.29, 1.82) is 0 Å². The molecule has 1 aromatic carbocycles. The van der Waals surface area contributed by atoms with Gasteiger partial charge in [-0.3, -0.25) is 0 Å². The fraction of sp³-hybridized carbons (Fsp3) is 0.625. The SMILES string of the molecule is Cc1ccc(C)c(OC[C@H](O)C[NH2+]C2CCCC2)c1. The lowest BCUT2D eigenvalue weighted by Crippen LogP contribution is -2.91. The van der Waals surface area contributed by atoms with Crippen molar-refractivity contribution >= 4 is 0 Å². The summed E-state index contributed by atoms with van der Waals surface area (Å²) >= 11 is 0. The van der Waals surface area contributed by atoms with E-state index >= 15 is 0 Å². The number of quaternary nitrogens is 1. The van der Waals surface area contributed by atoms with E-state index in [2.05, 4.69) is 24.4 Å². The Morgan fingerprint density at radius 3 is 2.79 bits per heavy atom. The summed E-state index contributed by atoms with van der Waals surface area (Å²) in [4.78, 5) is 0. The summed E-state index contributed by atoms with van der Waals surface area (Å²) in [6.45, 7) is 5.21. The molecule has 1 aromatic rings. The maximum Gasteiger partial charge on any atom is 0.137 e. The highest BCUT2D eigenvalue weighted by atomic mass is 16.5. The Morgan fingerprint density at radius 1 is 1.32 bits per heavy atom. The van der Waals surface area contributed by atoms with Crippen LogP contribution >= 0.6 is 0 Å². The molecule has 3 N–H and O–H groups in total. The summed E-state index contributed by atoms with van der Waals surface area (Å²) in [6.07, 6.45) is 4.89. The Hall–Kier alpha value is -1.06. The second-order valence-electron chi connectivity index (χ2n) is 5.75. The van der Waals surface area contributed by atoms with Crippen LogP contribution in [0.2, 0.25) is 0 Å². The van der Waals surface area contributed by atoms with Gasteiger partial charge in [0.15, 0.2) is 0 Å². The first-order valence-electron chi connectivity index (χ1n) is 7.36. The van der Waals surface area contributed by atoms with Crippen LogP contribution in [0.1, 0.15) is 36.8 Å². The van der Waals surface area contributed by atoms with Crippen LogP contribution in [0, 0.1) is 13.8 Å². The maximum atomic E-state index is 9.97. The van der Waals surface area contributed by atoms with Gasteiger partial charge in [0, 0.05) is 0 Å². The molecule has 0 radical (unpaired) electrons. The van der Waals surface area contributed by atoms with Gasteiger partial charge in [0.2, 0.25) is 0 Å². The summed E-state index contributed by atoms with van der Waals surface area (Å²) < 4.78 is 5.72. The van der Waals surface area contributed by atoms with Gasteiger partial charge < -0.3 is 15.2 Å². The molecular formula is C16H26NO2+. The summed E-state index contributed by atoms with van der Waals surface area (Å²) in [6, 6.07) is 6.88. The third-order valence-electron chi connectivity index (χ3n) is 3.92. The van der Waals surface area contributed by atoms with E-state index in [1.807, 2.05) is 13.0 Å². The quantitative estimate of drug-likeness (QED) is 0.819. The number of nitrogens with two attached hydrogens (primary N) is 1. The van der Waals surface area contributed by atoms with Gasteiger partial charge in [0.25, 0.3) is 0 Å². The summed E-state index contributed by atoms with van der Waals surface area (Å²) in [7, 11) is 0. The van der Waals surface area contributed by atoms with E-state index < -0.39 is 0 Å². The molecule has 0 heterocycles. The molecule has 0 saturated heterocycles. The molecular weight excluding hydrogens is 238 g/mol. The number of ether oxygens (including phenoxy) is 1. The second kappa shape index (κ2) is 6.92. The first-order valence-corrected chi connectivity index (χ1v) is 7.36. The molecule has 1 aliphatic carbocycles. The summed E-state index contributed by atoms with van der Waals surface area (Å²) in [5, 5.41) is 12.3. The molecule has 1 aliphatic rings. The number of benzene rings is 1. The third-order valence-corrected chi connectivity index (χ3v) is 3.92. The molecule has 2 rings (SSSR count). The smallest absolute Gasteiger partial charge is 0.137 e. The van der Waals surface area contributed by atoms with E-state index in [1.54, 1.807) is 0 Å². The molecule has 3 nitrogen and oxygen atoms in total. The van der Waals surface area contributed by atoms with E-state index in [1.165, 1.54) is 31.2 Å². The maximum absolute atomic E-state index is 9.97. The number of hydrogen-bond acceptors (Lipinski definition) is 2. The van der Waals surface area contributed by atoms with Gasteiger partial charge >= 0.3 is 0 Å². The highest BCUT2D eigenvalue weighted by molar-refractivity contribution is 5.35. The van der Waals surface area contributed by atoms with Crippen LogP contribution in [0.5, 0.6) is 5.75 Å². The minimum Gasteiger partial charge on any atom is -0.490 e. The molecule has 1 saturated carbocycles. The molecule has 0 amide bonds. The Balaban J connectivity index is 1.73. The van der Waals surface area contributed by atoms with Crippen molar-refractivity contribution in [3.8, 4) is 5.75 Å². The van der Waals surface area contributed by atoms with Crippen molar-refractivity contribution in [3.63, 3.8) is 0 Å². The monoisotopic (exact) mass is 264 g/mol. The summed E-state index contributed by atoms with van der Waals surface area (Å²) in [5.74, 6) is 0.889. The molecule has 0 spiro atoms. The number of aliphatic hydroxyl groups excluding tert-OH is 1. The van der Waals surface area contributed by atoms with Crippen molar-refractivity contribution in [2.75, 3.05) is 13.2 Å². The van der Waals surface area contributed by atoms with Gasteiger partial charge in [-0.1, -0.05) is 12.1 Å². The van der Waals surface area contributed by atoms with Gasteiger partial charge in [0.1, 0.15) is 25.0 Å². The largest absolute Gasteiger partial charge is 0.490 e. The topological polar surface area (TPSA) is 46.1 Å². The van der Waals surface area contributed by atoms with Crippen LogP contribution < -0.4 is 10.1 Å². The number of aryl methyl sites for hydroxylation is 2. The van der Waals surface area contributed by atoms with Gasteiger partial charge in [-0.15, -0.1) is 0 Å². The predicted octanol–water partition coefficient (Wildman–Crippen LogP) is 1.55. The fourth-order valence-electron chi connectivity index (χ4n) is 2.66. The lowest BCUT2D eigenvalue weighted by molar-refractivity contribution is -0.693. The second-order valence-corrected chi connectivity index (χ2v) is 5.75. The standard InChI is InChI=1S/C16H25NO2/c1-12-7-8-13(2)16(9-12)19-11-15(18)10-17-14-5-3-4-6-14/h7-9,14-15,17-18H,3-6,10-11H2,1-2H3/p+1/t15-/m1/s1. The zero-order chi connectivity index (χ0) is 13.7. The Kier molecular flexibility index (Phi) is 5.23. The Morgan fingerprint density at radius 2 is 2.05 bits per heavy atom. The summed E-state index contributed by atoms with van der Waals surface area (Å²) in [5.41, 5.74) is 2.31. The zero-order valence-corrected chi connectivity index (χ0v) is 12.1. The van der Waals surface area contributed by atoms with Gasteiger partial charge in [-0.05, 0) is 56.7 Å². The van der Waals surface area contributed by atoms with Crippen molar-refractivity contribution in [2.24, 2.45) is 0 Å². The molecule has 106 valence electrons. The van der Waals surface area contributed by atoms with Crippen LogP contribution in [0.15, 0.2) is 18.2 Å². The lowest BCUT2D eigenvalue weighted by Gasteiger charge is -2.15. The molecule has 0 aliphatic heterocycles. The zero-order valence-electron chi connectivity index (χ0n) is 12.1. The molecule has 1 atom stereocenters. The van der Waals surface area contributed by atoms with Crippen molar-refractivity contribution in [1.82, 2.24) is 0 Å². The fourth-order valence-corrected chi connectivity index (χ4v) is 2.66. The molecule has 3 heteroatoms. The van der Waals surface area contributed by atoms with Crippen LogP contribution in [0.4, 0.5) is 0 Å². The normalized spacial score (nSPS) is 17.6. The number of rotatable bonds is 6. The molecule has 19 heavy (non-hydrogen) atoms. The van der Waals surface area contributed by atoms with Gasteiger partial charge in [-0.25, -0.2) is 0 Å². The van der Waals surface area contributed by atoms with Crippen LogP contribution in [-0.4, -0.2) is 30.4 Å². The van der Waals surface area contributed by atoms with E-state index in [0.717, 1.165) is 23.9 Å². The van der Waals surface area contributed by atoms with Crippen molar-refractivity contribution in [3.05, 3.63) is 29.3 Å². The first-order chi connectivity index (χ1) is 9.15. The van der Waals surface area contributed by atoms with Crippen LogP contribution in [0.25, 0.3) is 0 Å². The van der Waals surface area contributed by atoms with Crippen LogP contribution in [0.3, 0.4) is 0 Å². The molecule has 0 unspecified atom stereocenters. The highest BCUT2D eigenvalue weighted by Crippen LogP contribution is 2.19. The molecule has 0 bridgehead atoms. The van der Waals surface area contributed by atoms with E-state index in [-0.39, 0.29) is 6.10 Å². The predicted molar refractivity (Wildman–Crippen MR) is 76.5 cm³/mol. The van der Waals surface area contributed by atoms with Gasteiger partial charge in [0.05, 0.1) is 6.04 Å². The first kappa shape index (κ1) is 14.4. The highest BCUT2D eigenvalue weighted by Gasteiger charge is 2.19. The number of hydrogen-bond donors (Lipinski definition) is 2. The van der Waals surface area contributed by atoms with E-state index in [9.17, 15) is 5.11 Å². The van der Waals surface area contributed by atoms with E-state index in [4.69, 9.17) is 4.74 Å². The Bertz CT molecular complexity index is 400. The van der Waals surface area contributed by atoms with Crippen molar-refractivity contribution < 1.29 is 15.2 Å². The third kappa shape index (κ3) is 4.51. The van der Waals surface area contributed by atoms with Crippen LogP contribution in [-0.2, 0) is 0 Å². The van der Waals surface area contributed by atoms with Gasteiger partial charge in [-0.2, -0.15) is 0 Å². The van der Waals surface area contributed by atoms with E-state index in [0.29, 0.717) is 6.61 Å². The minimum absolute atomic E-state index is 0.382. The minimum atomic E-state index is -0.388.